The summed E-state index contributed by atoms with van der Waals surface area (Å²) < 4.78 is 5.51. The van der Waals surface area contributed by atoms with Crippen molar-refractivity contribution in [3.8, 4) is 11.6 Å². The maximum absolute atomic E-state index is 10.7. The molecule has 0 radical (unpaired) electrons. The summed E-state index contributed by atoms with van der Waals surface area (Å²) in [4.78, 5) is 18.7. The maximum atomic E-state index is 10.7. The van der Waals surface area contributed by atoms with Crippen LogP contribution < -0.4 is 0 Å². The van der Waals surface area contributed by atoms with Crippen molar-refractivity contribution in [2.24, 2.45) is 0 Å². The van der Waals surface area contributed by atoms with Crippen LogP contribution in [0.25, 0.3) is 22.7 Å². The Morgan fingerprint density at radius 3 is 2.79 bits per heavy atom. The Hall–Kier alpha value is -2.76. The van der Waals surface area contributed by atoms with E-state index in [4.69, 9.17) is 4.42 Å². The highest BCUT2D eigenvalue weighted by atomic mass is 16.6. The molecular weight excluding hydrogens is 246 g/mol. The van der Waals surface area contributed by atoms with Crippen molar-refractivity contribution in [3.63, 3.8) is 0 Å². The molecule has 2 aromatic heterocycles. The first kappa shape index (κ1) is 11.3. The standard InChI is InChI=1S/C13H9N3O3/c1-8-2-4-11(14-7-8)13-15-10-5-3-9(16(17)18)6-12(10)19-13/h2-7H,1H3. The lowest BCUT2D eigenvalue weighted by molar-refractivity contribution is -0.384. The molecule has 0 fully saturated rings. The minimum absolute atomic E-state index is 0.0212. The van der Waals surface area contributed by atoms with Gasteiger partial charge < -0.3 is 4.42 Å². The molecule has 6 heteroatoms. The van der Waals surface area contributed by atoms with Crippen molar-refractivity contribution in [2.75, 3.05) is 0 Å². The van der Waals surface area contributed by atoms with Crippen LogP contribution in [-0.4, -0.2) is 14.9 Å². The van der Waals surface area contributed by atoms with Gasteiger partial charge in [-0.05, 0) is 24.6 Å². The van der Waals surface area contributed by atoms with Gasteiger partial charge in [0.05, 0.1) is 11.0 Å². The first-order valence-electron chi connectivity index (χ1n) is 5.61. The van der Waals surface area contributed by atoms with Crippen molar-refractivity contribution >= 4 is 16.8 Å². The normalized spacial score (nSPS) is 10.8. The van der Waals surface area contributed by atoms with E-state index in [2.05, 4.69) is 9.97 Å². The Morgan fingerprint density at radius 1 is 1.26 bits per heavy atom. The van der Waals surface area contributed by atoms with E-state index in [0.717, 1.165) is 5.56 Å². The van der Waals surface area contributed by atoms with Crippen molar-refractivity contribution in [2.45, 2.75) is 6.92 Å². The highest BCUT2D eigenvalue weighted by Crippen LogP contribution is 2.25. The molecular formula is C13H9N3O3. The largest absolute Gasteiger partial charge is 0.434 e. The minimum Gasteiger partial charge on any atom is -0.434 e. The Kier molecular flexibility index (Phi) is 2.49. The summed E-state index contributed by atoms with van der Waals surface area (Å²) in [5, 5.41) is 10.7. The molecule has 0 atom stereocenters. The molecule has 0 N–H and O–H groups in total. The van der Waals surface area contributed by atoms with E-state index in [9.17, 15) is 10.1 Å². The van der Waals surface area contributed by atoms with Crippen molar-refractivity contribution in [3.05, 3.63) is 52.2 Å². The number of hydrogen-bond acceptors (Lipinski definition) is 5. The second kappa shape index (κ2) is 4.16. The first-order valence-corrected chi connectivity index (χ1v) is 5.61. The Bertz CT molecular complexity index is 762. The number of rotatable bonds is 2. The molecule has 0 spiro atoms. The molecule has 6 nitrogen and oxygen atoms in total. The lowest BCUT2D eigenvalue weighted by atomic mass is 10.3. The number of nitro groups is 1. The van der Waals surface area contributed by atoms with Crippen LogP contribution in [0.2, 0.25) is 0 Å². The summed E-state index contributed by atoms with van der Waals surface area (Å²) >= 11 is 0. The molecule has 1 aromatic carbocycles. The number of non-ortho nitro benzene ring substituents is 1. The molecule has 94 valence electrons. The fourth-order valence-corrected chi connectivity index (χ4v) is 1.73. The van der Waals surface area contributed by atoms with E-state index < -0.39 is 4.92 Å². The highest BCUT2D eigenvalue weighted by Gasteiger charge is 2.13. The van der Waals surface area contributed by atoms with Crippen LogP contribution in [0.1, 0.15) is 5.56 Å². The molecule has 0 unspecified atom stereocenters. The Labute approximate surface area is 107 Å². The van der Waals surface area contributed by atoms with Gasteiger partial charge in [0.25, 0.3) is 5.69 Å². The van der Waals surface area contributed by atoms with Gasteiger partial charge in [-0.2, -0.15) is 0 Å². The third-order valence-corrected chi connectivity index (χ3v) is 2.71. The van der Waals surface area contributed by atoms with Crippen LogP contribution in [-0.2, 0) is 0 Å². The molecule has 3 rings (SSSR count). The third-order valence-electron chi connectivity index (χ3n) is 2.71. The molecule has 0 aliphatic heterocycles. The monoisotopic (exact) mass is 255 g/mol. The molecule has 2 heterocycles. The number of pyridine rings is 1. The van der Waals surface area contributed by atoms with Gasteiger partial charge in [-0.1, -0.05) is 6.07 Å². The summed E-state index contributed by atoms with van der Waals surface area (Å²) in [6, 6.07) is 8.03. The van der Waals surface area contributed by atoms with Crippen LogP contribution in [0.15, 0.2) is 40.9 Å². The maximum Gasteiger partial charge on any atom is 0.273 e. The van der Waals surface area contributed by atoms with Gasteiger partial charge in [0.2, 0.25) is 5.89 Å². The summed E-state index contributed by atoms with van der Waals surface area (Å²) in [6.07, 6.45) is 1.71. The molecule has 0 aliphatic rings. The average Bonchev–Trinajstić information content (AvgIpc) is 2.82. The predicted molar refractivity (Wildman–Crippen MR) is 68.6 cm³/mol. The second-order valence-corrected chi connectivity index (χ2v) is 4.15. The van der Waals surface area contributed by atoms with Gasteiger partial charge >= 0.3 is 0 Å². The molecule has 0 saturated heterocycles. The van der Waals surface area contributed by atoms with Crippen LogP contribution in [0.3, 0.4) is 0 Å². The fourth-order valence-electron chi connectivity index (χ4n) is 1.73. The number of benzene rings is 1. The molecule has 0 aliphatic carbocycles. The van der Waals surface area contributed by atoms with Crippen LogP contribution in [0, 0.1) is 17.0 Å². The predicted octanol–water partition coefficient (Wildman–Crippen LogP) is 3.11. The minimum atomic E-state index is -0.467. The van der Waals surface area contributed by atoms with Gasteiger partial charge in [-0.3, -0.25) is 15.1 Å². The van der Waals surface area contributed by atoms with E-state index in [1.54, 1.807) is 18.3 Å². The van der Waals surface area contributed by atoms with Crippen LogP contribution >= 0.6 is 0 Å². The molecule has 0 bridgehead atoms. The number of hydrogen-bond donors (Lipinski definition) is 0. The van der Waals surface area contributed by atoms with Gasteiger partial charge in [-0.25, -0.2) is 4.98 Å². The zero-order chi connectivity index (χ0) is 13.4. The summed E-state index contributed by atoms with van der Waals surface area (Å²) in [5.41, 5.74) is 2.57. The number of aryl methyl sites for hydroxylation is 1. The summed E-state index contributed by atoms with van der Waals surface area (Å²) in [6.45, 7) is 1.94. The van der Waals surface area contributed by atoms with Gasteiger partial charge in [0.15, 0.2) is 5.58 Å². The van der Waals surface area contributed by atoms with Gasteiger partial charge in [0.1, 0.15) is 11.2 Å². The molecule has 3 aromatic rings. The lowest BCUT2D eigenvalue weighted by Gasteiger charge is -1.94. The molecule has 19 heavy (non-hydrogen) atoms. The Morgan fingerprint density at radius 2 is 2.11 bits per heavy atom. The van der Waals surface area contributed by atoms with E-state index in [0.29, 0.717) is 22.7 Å². The van der Waals surface area contributed by atoms with Crippen molar-refractivity contribution in [1.82, 2.24) is 9.97 Å². The quantitative estimate of drug-likeness (QED) is 0.519. The number of aromatic nitrogens is 2. The number of nitrogens with zero attached hydrogens (tertiary/aromatic N) is 3. The van der Waals surface area contributed by atoms with Crippen molar-refractivity contribution in [1.29, 1.82) is 0 Å². The van der Waals surface area contributed by atoms with Gasteiger partial charge in [0, 0.05) is 12.3 Å². The second-order valence-electron chi connectivity index (χ2n) is 4.15. The average molecular weight is 255 g/mol. The number of oxazole rings is 1. The van der Waals surface area contributed by atoms with E-state index in [1.807, 2.05) is 13.0 Å². The van der Waals surface area contributed by atoms with E-state index in [-0.39, 0.29) is 5.69 Å². The smallest absolute Gasteiger partial charge is 0.273 e. The summed E-state index contributed by atoms with van der Waals surface area (Å²) in [7, 11) is 0. The third kappa shape index (κ3) is 2.03. The van der Waals surface area contributed by atoms with Crippen LogP contribution in [0.5, 0.6) is 0 Å². The zero-order valence-corrected chi connectivity index (χ0v) is 10.0. The highest BCUT2D eigenvalue weighted by molar-refractivity contribution is 5.78. The van der Waals surface area contributed by atoms with E-state index in [1.165, 1.54) is 12.1 Å². The number of fused-ring (bicyclic) bond motifs is 1. The van der Waals surface area contributed by atoms with Crippen LogP contribution in [0.4, 0.5) is 5.69 Å². The lowest BCUT2D eigenvalue weighted by Crippen LogP contribution is -1.86. The zero-order valence-electron chi connectivity index (χ0n) is 10.0. The van der Waals surface area contributed by atoms with Crippen molar-refractivity contribution < 1.29 is 9.34 Å². The number of nitro benzene ring substituents is 1. The van der Waals surface area contributed by atoms with Gasteiger partial charge in [-0.15, -0.1) is 0 Å². The SMILES string of the molecule is Cc1ccc(-c2nc3ccc([N+](=O)[O-])cc3o2)nc1. The first-order chi connectivity index (χ1) is 9.13. The summed E-state index contributed by atoms with van der Waals surface area (Å²) in [5.74, 6) is 0.357. The van der Waals surface area contributed by atoms with E-state index >= 15 is 0 Å². The topological polar surface area (TPSA) is 82.1 Å². The Balaban J connectivity index is 2.11. The molecule has 0 saturated carbocycles. The fraction of sp³-hybridized carbons (Fsp3) is 0.0769. The molecule has 0 amide bonds.